The minimum atomic E-state index is -1.41. The first-order valence-corrected chi connectivity index (χ1v) is 13.5. The topological polar surface area (TPSA) is 195 Å². The molecule has 1 aromatic carbocycles. The molecule has 4 N–H and O–H groups in total. The van der Waals surface area contributed by atoms with Gasteiger partial charge < -0.3 is 16.0 Å². The number of fused-ring (bicyclic) bond motifs is 2. The molecule has 44 heavy (non-hydrogen) atoms. The highest BCUT2D eigenvalue weighted by molar-refractivity contribution is 6.05. The van der Waals surface area contributed by atoms with Crippen LogP contribution >= 0.6 is 0 Å². The monoisotopic (exact) mass is 594 g/mol. The Labute approximate surface area is 246 Å². The molecule has 3 amide bonds. The van der Waals surface area contributed by atoms with Gasteiger partial charge in [-0.2, -0.15) is 20.4 Å². The number of nitrogens with two attached hydrogens (primary N) is 1. The molecule has 6 heterocycles. The zero-order valence-electron chi connectivity index (χ0n) is 22.8. The minimum absolute atomic E-state index is 0.0245. The van der Waals surface area contributed by atoms with E-state index in [0.717, 1.165) is 11.1 Å². The summed E-state index contributed by atoms with van der Waals surface area (Å²) in [6.07, 6.45) is 4.78. The van der Waals surface area contributed by atoms with Crippen LogP contribution in [0, 0.1) is 0 Å². The highest BCUT2D eigenvalue weighted by atomic mass is 19.1. The molecule has 1 aliphatic rings. The summed E-state index contributed by atoms with van der Waals surface area (Å²) in [5.74, 6) is -1.26. The van der Waals surface area contributed by atoms with Crippen molar-refractivity contribution in [1.29, 1.82) is 0 Å². The van der Waals surface area contributed by atoms with Crippen molar-refractivity contribution in [2.45, 2.75) is 25.2 Å². The number of aromatic nitrogens is 9. The molecular formula is C28H23FN12O3. The van der Waals surface area contributed by atoms with Crippen molar-refractivity contribution in [3.05, 3.63) is 72.9 Å². The number of H-pyrrole nitrogens is 1. The van der Waals surface area contributed by atoms with Gasteiger partial charge in [-0.05, 0) is 35.9 Å². The Morgan fingerprint density at radius 1 is 1.07 bits per heavy atom. The van der Waals surface area contributed by atoms with Crippen LogP contribution in [0.5, 0.6) is 0 Å². The number of hydrogen-bond acceptors (Lipinski definition) is 9. The first-order valence-electron chi connectivity index (χ1n) is 13.5. The number of carbonyl (C=O) groups is 3. The molecule has 0 radical (unpaired) electrons. The Balaban J connectivity index is 1.14. The summed E-state index contributed by atoms with van der Waals surface area (Å²) in [6, 6.07) is 11.3. The van der Waals surface area contributed by atoms with E-state index in [4.69, 9.17) is 5.73 Å². The van der Waals surface area contributed by atoms with E-state index in [1.54, 1.807) is 53.3 Å². The van der Waals surface area contributed by atoms with Crippen molar-refractivity contribution in [2.24, 2.45) is 5.73 Å². The number of carbonyl (C=O) groups excluding carboxylic acids is 3. The molecule has 2 unspecified atom stereocenters. The number of alkyl halides is 1. The van der Waals surface area contributed by atoms with Crippen molar-refractivity contribution >= 4 is 40.1 Å². The number of benzene rings is 1. The van der Waals surface area contributed by atoms with Gasteiger partial charge in [-0.15, -0.1) is 10.2 Å². The van der Waals surface area contributed by atoms with Gasteiger partial charge in [-0.25, -0.2) is 4.39 Å². The van der Waals surface area contributed by atoms with Crippen LogP contribution in [0.3, 0.4) is 0 Å². The van der Waals surface area contributed by atoms with Crippen molar-refractivity contribution in [3.63, 3.8) is 0 Å². The largest absolute Gasteiger partial charge is 0.364 e. The molecule has 220 valence electrons. The predicted molar refractivity (Wildman–Crippen MR) is 153 cm³/mol. The third-order valence-corrected chi connectivity index (χ3v) is 7.50. The van der Waals surface area contributed by atoms with Crippen LogP contribution < -0.4 is 11.1 Å². The van der Waals surface area contributed by atoms with Gasteiger partial charge in [0.05, 0.1) is 36.2 Å². The number of hydrogen-bond donors (Lipinski definition) is 3. The van der Waals surface area contributed by atoms with Crippen LogP contribution in [0.15, 0.2) is 67.3 Å². The van der Waals surface area contributed by atoms with Crippen LogP contribution in [-0.2, 0) is 16.1 Å². The molecule has 2 atom stereocenters. The fraction of sp³-hybridized carbons (Fsp3) is 0.179. The lowest BCUT2D eigenvalue weighted by Gasteiger charge is -2.23. The summed E-state index contributed by atoms with van der Waals surface area (Å²) in [5, 5.41) is 30.2. The fourth-order valence-corrected chi connectivity index (χ4v) is 5.43. The van der Waals surface area contributed by atoms with Crippen LogP contribution in [0.1, 0.15) is 16.9 Å². The summed E-state index contributed by atoms with van der Waals surface area (Å²) in [7, 11) is 0. The summed E-state index contributed by atoms with van der Waals surface area (Å²) in [4.78, 5) is 40.4. The molecule has 0 bridgehead atoms. The van der Waals surface area contributed by atoms with Gasteiger partial charge in [0.25, 0.3) is 5.91 Å². The van der Waals surface area contributed by atoms with E-state index in [1.807, 2.05) is 12.1 Å². The predicted octanol–water partition coefficient (Wildman–Crippen LogP) is 1.60. The van der Waals surface area contributed by atoms with E-state index < -0.39 is 29.9 Å². The molecule has 7 rings (SSSR count). The fourth-order valence-electron chi connectivity index (χ4n) is 5.43. The molecule has 6 aromatic rings. The lowest BCUT2D eigenvalue weighted by Crippen LogP contribution is -2.44. The maximum absolute atomic E-state index is 14.7. The summed E-state index contributed by atoms with van der Waals surface area (Å²) in [6.45, 7) is -0.625. The van der Waals surface area contributed by atoms with E-state index >= 15 is 0 Å². The average Bonchev–Trinajstić information content (AvgIpc) is 3.82. The van der Waals surface area contributed by atoms with Gasteiger partial charge >= 0.3 is 0 Å². The molecule has 15 nitrogen and oxygen atoms in total. The van der Waals surface area contributed by atoms with Gasteiger partial charge in [-0.1, -0.05) is 12.1 Å². The summed E-state index contributed by atoms with van der Waals surface area (Å²) < 4.78 is 17.8. The molecule has 16 heteroatoms. The molecule has 5 aromatic heterocycles. The number of nitrogens with zero attached hydrogens (tertiary/aromatic N) is 9. The molecule has 1 aliphatic heterocycles. The van der Waals surface area contributed by atoms with Crippen molar-refractivity contribution in [3.8, 4) is 22.5 Å². The Hall–Kier alpha value is -6.06. The summed E-state index contributed by atoms with van der Waals surface area (Å²) in [5.41, 5.74) is 8.63. The van der Waals surface area contributed by atoms with Gasteiger partial charge in [0.1, 0.15) is 24.6 Å². The normalized spacial score (nSPS) is 16.5. The number of aromatic amines is 1. The van der Waals surface area contributed by atoms with E-state index in [0.29, 0.717) is 27.9 Å². The number of anilines is 1. The lowest BCUT2D eigenvalue weighted by atomic mass is 10.0. The number of nitrogens with one attached hydrogen (secondary N) is 2. The Morgan fingerprint density at radius 3 is 2.77 bits per heavy atom. The number of amides is 3. The standard InChI is InChI=1S/C28H23FN12O3/c29-17-10-21(28(44)34-26-19(12-33-36-26)27-37-35-22-3-1-2-8-39(22)27)40(13-17)23(42)14-41-20-5-4-15(16-6-7-31-32-11-16)9-18(20)24(38-41)25(30)43/h1-9,11-12,17,21H,10,13-14H2,(H2,30,43)(H2,33,34,36,44). The Kier molecular flexibility index (Phi) is 6.49. The molecule has 0 aliphatic carbocycles. The third kappa shape index (κ3) is 4.67. The van der Waals surface area contributed by atoms with Gasteiger partial charge in [0.2, 0.25) is 11.8 Å². The van der Waals surface area contributed by atoms with E-state index in [2.05, 4.69) is 41.0 Å². The lowest BCUT2D eigenvalue weighted by molar-refractivity contribution is -0.137. The van der Waals surface area contributed by atoms with Crippen molar-refractivity contribution < 1.29 is 18.8 Å². The first-order chi connectivity index (χ1) is 21.4. The third-order valence-electron chi connectivity index (χ3n) is 7.50. The quantitative estimate of drug-likeness (QED) is 0.246. The highest BCUT2D eigenvalue weighted by Crippen LogP contribution is 2.29. The SMILES string of the molecule is NC(=O)c1nn(CC(=O)N2CC(F)CC2C(=O)Nc2[nH]ncc2-c2nnc3ccccn23)c2ccc(-c3ccnnc3)cc12. The molecule has 0 spiro atoms. The van der Waals surface area contributed by atoms with Crippen LogP contribution in [0.4, 0.5) is 10.2 Å². The van der Waals surface area contributed by atoms with Gasteiger partial charge in [0, 0.05) is 23.6 Å². The maximum Gasteiger partial charge on any atom is 0.269 e. The van der Waals surface area contributed by atoms with Gasteiger partial charge in [0.15, 0.2) is 17.2 Å². The number of likely N-dealkylation sites (tertiary alicyclic amines) is 1. The van der Waals surface area contributed by atoms with E-state index in [-0.39, 0.29) is 31.0 Å². The first kappa shape index (κ1) is 26.8. The second kappa shape index (κ2) is 10.6. The van der Waals surface area contributed by atoms with Crippen LogP contribution in [-0.4, -0.2) is 86.2 Å². The molecule has 1 saturated heterocycles. The maximum atomic E-state index is 14.7. The second-order valence-electron chi connectivity index (χ2n) is 10.2. The molecular weight excluding hydrogens is 571 g/mol. The van der Waals surface area contributed by atoms with Crippen LogP contribution in [0.2, 0.25) is 0 Å². The number of rotatable bonds is 7. The average molecular weight is 595 g/mol. The van der Waals surface area contributed by atoms with Crippen molar-refractivity contribution in [1.82, 2.24) is 49.7 Å². The minimum Gasteiger partial charge on any atom is -0.364 e. The van der Waals surface area contributed by atoms with E-state index in [1.165, 1.54) is 15.8 Å². The zero-order valence-corrected chi connectivity index (χ0v) is 22.8. The second-order valence-corrected chi connectivity index (χ2v) is 10.2. The molecule has 0 saturated carbocycles. The Bertz CT molecular complexity index is 2050. The van der Waals surface area contributed by atoms with E-state index in [9.17, 15) is 18.8 Å². The number of primary amides is 1. The Morgan fingerprint density at radius 2 is 1.95 bits per heavy atom. The van der Waals surface area contributed by atoms with Gasteiger partial charge in [-0.3, -0.25) is 28.6 Å². The summed E-state index contributed by atoms with van der Waals surface area (Å²) >= 11 is 0. The van der Waals surface area contributed by atoms with Crippen molar-refractivity contribution in [2.75, 3.05) is 11.9 Å². The highest BCUT2D eigenvalue weighted by Gasteiger charge is 2.40. The number of halogens is 1. The zero-order chi connectivity index (χ0) is 30.4. The van der Waals surface area contributed by atoms with Crippen LogP contribution in [0.25, 0.3) is 39.1 Å². The molecule has 1 fully saturated rings. The smallest absolute Gasteiger partial charge is 0.269 e. The number of pyridine rings is 1.